The second-order valence-electron chi connectivity index (χ2n) is 4.91. The average Bonchev–Trinajstić information content (AvgIpc) is 1.81. The van der Waals surface area contributed by atoms with Gasteiger partial charge in [0.25, 0.3) is 0 Å². The molecule has 0 bridgehead atoms. The predicted molar refractivity (Wildman–Crippen MR) is 61.0 cm³/mol. The van der Waals surface area contributed by atoms with Gasteiger partial charge in [-0.2, -0.15) is 0 Å². The summed E-state index contributed by atoms with van der Waals surface area (Å²) in [6.45, 7) is 9.98. The molecule has 2 N–H and O–H groups in total. The SMILES string of the molecule is CC(C)CC(NC(C)(C)C)C(=O)O.Cl. The fourth-order valence-corrected chi connectivity index (χ4v) is 1.22. The molecule has 0 fully saturated rings. The van der Waals surface area contributed by atoms with Gasteiger partial charge in [0.05, 0.1) is 0 Å². The Bertz CT molecular complexity index is 175. The lowest BCUT2D eigenvalue weighted by Gasteiger charge is -2.26. The molecule has 0 amide bonds. The quantitative estimate of drug-likeness (QED) is 0.769. The number of carboxylic acid groups (broad SMARTS) is 1. The van der Waals surface area contributed by atoms with Crippen molar-refractivity contribution in [3.05, 3.63) is 0 Å². The molecule has 0 rings (SSSR count). The number of aliphatic carboxylic acids is 1. The van der Waals surface area contributed by atoms with Crippen molar-refractivity contribution in [3.8, 4) is 0 Å². The molecule has 0 spiro atoms. The van der Waals surface area contributed by atoms with Crippen molar-refractivity contribution < 1.29 is 9.90 Å². The number of nitrogens with one attached hydrogen (secondary N) is 1. The van der Waals surface area contributed by atoms with E-state index in [1.807, 2.05) is 34.6 Å². The monoisotopic (exact) mass is 223 g/mol. The van der Waals surface area contributed by atoms with E-state index in [2.05, 4.69) is 5.32 Å². The minimum absolute atomic E-state index is 0. The van der Waals surface area contributed by atoms with Gasteiger partial charge in [-0.05, 0) is 33.1 Å². The summed E-state index contributed by atoms with van der Waals surface area (Å²) in [6, 6.07) is -0.431. The maximum atomic E-state index is 10.9. The van der Waals surface area contributed by atoms with Crippen LogP contribution in [0.5, 0.6) is 0 Å². The molecule has 1 atom stereocenters. The summed E-state index contributed by atoms with van der Waals surface area (Å²) in [4.78, 5) is 10.9. The van der Waals surface area contributed by atoms with E-state index < -0.39 is 12.0 Å². The van der Waals surface area contributed by atoms with Crippen molar-refractivity contribution in [3.63, 3.8) is 0 Å². The highest BCUT2D eigenvalue weighted by Gasteiger charge is 2.23. The van der Waals surface area contributed by atoms with Crippen LogP contribution < -0.4 is 5.32 Å². The van der Waals surface area contributed by atoms with Crippen LogP contribution in [-0.4, -0.2) is 22.7 Å². The van der Waals surface area contributed by atoms with Crippen molar-refractivity contribution >= 4 is 18.4 Å². The number of carbonyl (C=O) groups is 1. The van der Waals surface area contributed by atoms with Crippen LogP contribution in [0.3, 0.4) is 0 Å². The normalized spacial score (nSPS) is 13.6. The van der Waals surface area contributed by atoms with Gasteiger partial charge in [-0.25, -0.2) is 0 Å². The van der Waals surface area contributed by atoms with Crippen LogP contribution in [0.1, 0.15) is 41.0 Å². The first-order chi connectivity index (χ1) is 5.72. The van der Waals surface area contributed by atoms with Gasteiger partial charge in [0.1, 0.15) is 6.04 Å². The number of hydrogen-bond donors (Lipinski definition) is 2. The van der Waals surface area contributed by atoms with Crippen LogP contribution in [0.15, 0.2) is 0 Å². The first-order valence-electron chi connectivity index (χ1n) is 4.73. The van der Waals surface area contributed by atoms with Gasteiger partial charge >= 0.3 is 5.97 Å². The van der Waals surface area contributed by atoms with E-state index in [1.54, 1.807) is 0 Å². The zero-order chi connectivity index (χ0) is 10.6. The molecule has 0 aliphatic rings. The van der Waals surface area contributed by atoms with Gasteiger partial charge in [0.15, 0.2) is 0 Å². The molecule has 0 aromatic heterocycles. The molecule has 86 valence electrons. The van der Waals surface area contributed by atoms with E-state index in [-0.39, 0.29) is 17.9 Å². The first kappa shape index (κ1) is 16.2. The summed E-state index contributed by atoms with van der Waals surface area (Å²) in [5, 5.41) is 12.0. The maximum absolute atomic E-state index is 10.9. The van der Waals surface area contributed by atoms with E-state index in [1.165, 1.54) is 0 Å². The fraction of sp³-hybridized carbons (Fsp3) is 0.900. The molecule has 0 aromatic carbocycles. The highest BCUT2D eigenvalue weighted by molar-refractivity contribution is 5.85. The largest absolute Gasteiger partial charge is 0.480 e. The Morgan fingerprint density at radius 3 is 2.00 bits per heavy atom. The Hall–Kier alpha value is -0.280. The Labute approximate surface area is 92.7 Å². The van der Waals surface area contributed by atoms with Gasteiger partial charge in [0, 0.05) is 5.54 Å². The van der Waals surface area contributed by atoms with Gasteiger partial charge in [-0.15, -0.1) is 12.4 Å². The lowest BCUT2D eigenvalue weighted by Crippen LogP contribution is -2.48. The molecule has 0 radical (unpaired) electrons. The summed E-state index contributed by atoms with van der Waals surface area (Å²) in [6.07, 6.45) is 0.673. The molecule has 0 aromatic rings. The minimum atomic E-state index is -0.761. The van der Waals surface area contributed by atoms with Gasteiger partial charge in [-0.1, -0.05) is 13.8 Å². The van der Waals surface area contributed by atoms with Crippen molar-refractivity contribution in [2.45, 2.75) is 52.6 Å². The molecule has 0 aliphatic carbocycles. The van der Waals surface area contributed by atoms with Crippen LogP contribution >= 0.6 is 12.4 Å². The highest BCUT2D eigenvalue weighted by Crippen LogP contribution is 2.09. The van der Waals surface area contributed by atoms with Crippen molar-refractivity contribution in [2.75, 3.05) is 0 Å². The maximum Gasteiger partial charge on any atom is 0.320 e. The second kappa shape index (κ2) is 6.25. The van der Waals surface area contributed by atoms with E-state index in [4.69, 9.17) is 5.11 Å². The Balaban J connectivity index is 0. The van der Waals surface area contributed by atoms with Crippen LogP contribution in [0.25, 0.3) is 0 Å². The molecular weight excluding hydrogens is 202 g/mol. The number of hydrogen-bond acceptors (Lipinski definition) is 2. The molecule has 14 heavy (non-hydrogen) atoms. The Morgan fingerprint density at radius 2 is 1.79 bits per heavy atom. The van der Waals surface area contributed by atoms with E-state index >= 15 is 0 Å². The van der Waals surface area contributed by atoms with Crippen LogP contribution in [0.4, 0.5) is 0 Å². The summed E-state index contributed by atoms with van der Waals surface area (Å²) in [5.41, 5.74) is -0.141. The van der Waals surface area contributed by atoms with E-state index in [0.29, 0.717) is 12.3 Å². The molecule has 3 nitrogen and oxygen atoms in total. The molecule has 4 heteroatoms. The minimum Gasteiger partial charge on any atom is -0.480 e. The zero-order valence-corrected chi connectivity index (χ0v) is 10.4. The average molecular weight is 224 g/mol. The standard InChI is InChI=1S/C10H21NO2.ClH/c1-7(2)6-8(9(12)13)11-10(3,4)5;/h7-8,11H,6H2,1-5H3,(H,12,13);1H. The lowest BCUT2D eigenvalue weighted by molar-refractivity contribution is -0.140. The topological polar surface area (TPSA) is 49.3 Å². The van der Waals surface area contributed by atoms with Gasteiger partial charge in [-0.3, -0.25) is 10.1 Å². The lowest BCUT2D eigenvalue weighted by atomic mass is 10.00. The molecule has 0 heterocycles. The van der Waals surface area contributed by atoms with Crippen LogP contribution in [0, 0.1) is 5.92 Å². The van der Waals surface area contributed by atoms with Crippen LogP contribution in [0.2, 0.25) is 0 Å². The molecule has 1 unspecified atom stereocenters. The smallest absolute Gasteiger partial charge is 0.320 e. The zero-order valence-electron chi connectivity index (χ0n) is 9.63. The van der Waals surface area contributed by atoms with Gasteiger partial charge in [0.2, 0.25) is 0 Å². The molecule has 0 saturated carbocycles. The first-order valence-corrected chi connectivity index (χ1v) is 4.73. The molecule has 0 saturated heterocycles. The third kappa shape index (κ3) is 8.32. The van der Waals surface area contributed by atoms with Crippen molar-refractivity contribution in [1.82, 2.24) is 5.32 Å². The summed E-state index contributed by atoms with van der Waals surface area (Å²) < 4.78 is 0. The molecule has 0 aliphatic heterocycles. The fourth-order valence-electron chi connectivity index (χ4n) is 1.22. The second-order valence-corrected chi connectivity index (χ2v) is 4.91. The highest BCUT2D eigenvalue weighted by atomic mass is 35.5. The summed E-state index contributed by atoms with van der Waals surface area (Å²) >= 11 is 0. The Kier molecular flexibility index (Phi) is 7.21. The van der Waals surface area contributed by atoms with Crippen LogP contribution in [-0.2, 0) is 4.79 Å². The van der Waals surface area contributed by atoms with E-state index in [0.717, 1.165) is 0 Å². The summed E-state index contributed by atoms with van der Waals surface area (Å²) in [7, 11) is 0. The third-order valence-electron chi connectivity index (χ3n) is 1.61. The summed E-state index contributed by atoms with van der Waals surface area (Å²) in [5.74, 6) is -0.362. The number of rotatable bonds is 4. The third-order valence-corrected chi connectivity index (χ3v) is 1.61. The predicted octanol–water partition coefficient (Wildman–Crippen LogP) is 2.30. The van der Waals surface area contributed by atoms with Crippen molar-refractivity contribution in [2.24, 2.45) is 5.92 Å². The number of halogens is 1. The van der Waals surface area contributed by atoms with E-state index in [9.17, 15) is 4.79 Å². The Morgan fingerprint density at radius 1 is 1.36 bits per heavy atom. The molecular formula is C10H22ClNO2. The van der Waals surface area contributed by atoms with Gasteiger partial charge < -0.3 is 5.11 Å². The number of carboxylic acids is 1. The van der Waals surface area contributed by atoms with Crippen molar-refractivity contribution in [1.29, 1.82) is 0 Å².